The fraction of sp³-hybridized carbons (Fsp3) is 0.0909. The molecule has 0 unspecified atom stereocenters. The number of aromatic nitrogens is 3. The van der Waals surface area contributed by atoms with Gasteiger partial charge in [0.25, 0.3) is 11.8 Å². The first-order valence-corrected chi connectivity index (χ1v) is 9.53. The number of carbonyl (C=O) groups excluding carboxylic acids is 2. The number of rotatable bonds is 5. The summed E-state index contributed by atoms with van der Waals surface area (Å²) in [4.78, 5) is 29.5. The van der Waals surface area contributed by atoms with Crippen LogP contribution in [0.4, 0.5) is 28.9 Å². The molecule has 11 heteroatoms. The third-order valence-electron chi connectivity index (χ3n) is 4.84. The molecule has 0 radical (unpaired) electrons. The number of halogens is 4. The molecule has 0 spiro atoms. The minimum absolute atomic E-state index is 0.124. The van der Waals surface area contributed by atoms with Crippen molar-refractivity contribution >= 4 is 28.8 Å². The molecule has 7 nitrogen and oxygen atoms in total. The number of carbonyl (C=O) groups is 2. The Balaban J connectivity index is 1.64. The smallest absolute Gasteiger partial charge is 0.321 e. The second-order valence-corrected chi connectivity index (χ2v) is 7.01. The van der Waals surface area contributed by atoms with Gasteiger partial charge in [-0.15, -0.1) is 0 Å². The predicted octanol–water partition coefficient (Wildman–Crippen LogP) is 4.44. The van der Waals surface area contributed by atoms with Crippen molar-refractivity contribution in [3.05, 3.63) is 89.4 Å². The Morgan fingerprint density at radius 3 is 2.55 bits per heavy atom. The van der Waals surface area contributed by atoms with E-state index in [0.717, 1.165) is 6.07 Å². The van der Waals surface area contributed by atoms with Crippen LogP contribution in [0, 0.1) is 18.6 Å². The minimum Gasteiger partial charge on any atom is -0.322 e. The molecule has 0 saturated heterocycles. The quantitative estimate of drug-likeness (QED) is 0.355. The molecular weight excluding hydrogens is 442 g/mol. The van der Waals surface area contributed by atoms with Gasteiger partial charge >= 0.3 is 6.55 Å². The van der Waals surface area contributed by atoms with Crippen LogP contribution < -0.4 is 10.2 Å². The zero-order chi connectivity index (χ0) is 23.7. The molecular formula is C22H15F4N5O2. The lowest BCUT2D eigenvalue weighted by Crippen LogP contribution is -2.35. The van der Waals surface area contributed by atoms with E-state index in [1.54, 1.807) is 13.0 Å². The number of nitrogens with one attached hydrogen (secondary N) is 1. The summed E-state index contributed by atoms with van der Waals surface area (Å²) in [7, 11) is 0. The van der Waals surface area contributed by atoms with Crippen LogP contribution in [0.1, 0.15) is 26.3 Å². The molecule has 168 valence electrons. The molecule has 0 aliphatic rings. The summed E-state index contributed by atoms with van der Waals surface area (Å²) in [6.45, 7) is -1.65. The van der Waals surface area contributed by atoms with Crippen molar-refractivity contribution in [2.24, 2.45) is 0 Å². The number of hydrogen-bond donors (Lipinski definition) is 1. The molecule has 33 heavy (non-hydrogen) atoms. The van der Waals surface area contributed by atoms with Gasteiger partial charge in [-0.3, -0.25) is 14.5 Å². The molecule has 0 atom stereocenters. The highest BCUT2D eigenvalue weighted by atomic mass is 19.3. The molecule has 1 N–H and O–H groups in total. The van der Waals surface area contributed by atoms with E-state index in [2.05, 4.69) is 15.4 Å². The minimum atomic E-state index is -3.29. The third-order valence-corrected chi connectivity index (χ3v) is 4.84. The Kier molecular flexibility index (Phi) is 5.78. The lowest BCUT2D eigenvalue weighted by molar-refractivity contribution is 0.0838. The van der Waals surface area contributed by atoms with Crippen LogP contribution >= 0.6 is 0 Å². The molecule has 0 bridgehead atoms. The summed E-state index contributed by atoms with van der Waals surface area (Å²) in [5.74, 6) is -4.36. The summed E-state index contributed by atoms with van der Waals surface area (Å²) in [6, 6.07) is 7.67. The Morgan fingerprint density at radius 1 is 1.03 bits per heavy atom. The number of amides is 2. The maximum absolute atomic E-state index is 13.8. The van der Waals surface area contributed by atoms with Crippen LogP contribution in [0.2, 0.25) is 0 Å². The van der Waals surface area contributed by atoms with Crippen molar-refractivity contribution in [1.29, 1.82) is 0 Å². The standard InChI is InChI=1S/C22H15F4N5O2/c1-12-2-4-15(31(22(25)26)21(33)13-3-5-16(23)17(24)8-13)9-18(12)29-20(32)14-10-27-19-6-7-28-30(19)11-14/h2-11,22H,1H3,(H,29,32). The highest BCUT2D eigenvalue weighted by Gasteiger charge is 2.27. The molecule has 0 saturated carbocycles. The van der Waals surface area contributed by atoms with Crippen molar-refractivity contribution in [2.75, 3.05) is 10.2 Å². The molecule has 2 amide bonds. The highest BCUT2D eigenvalue weighted by Crippen LogP contribution is 2.28. The first-order chi connectivity index (χ1) is 15.7. The van der Waals surface area contributed by atoms with E-state index in [1.165, 1.54) is 41.3 Å². The van der Waals surface area contributed by atoms with E-state index >= 15 is 0 Å². The molecule has 2 aromatic carbocycles. The number of alkyl halides is 2. The number of fused-ring (bicyclic) bond motifs is 1. The van der Waals surface area contributed by atoms with Crippen LogP contribution in [0.5, 0.6) is 0 Å². The van der Waals surface area contributed by atoms with Gasteiger partial charge in [0, 0.05) is 29.7 Å². The Morgan fingerprint density at radius 2 is 1.82 bits per heavy atom. The van der Waals surface area contributed by atoms with Gasteiger partial charge < -0.3 is 5.32 Å². The topological polar surface area (TPSA) is 79.6 Å². The van der Waals surface area contributed by atoms with Crippen LogP contribution in [-0.2, 0) is 0 Å². The molecule has 0 fully saturated rings. The predicted molar refractivity (Wildman–Crippen MR) is 111 cm³/mol. The van der Waals surface area contributed by atoms with Gasteiger partial charge in [-0.1, -0.05) is 6.07 Å². The fourth-order valence-electron chi connectivity index (χ4n) is 3.10. The first-order valence-electron chi connectivity index (χ1n) is 9.53. The van der Waals surface area contributed by atoms with Crippen molar-refractivity contribution in [2.45, 2.75) is 13.5 Å². The second-order valence-electron chi connectivity index (χ2n) is 7.01. The average Bonchev–Trinajstić information content (AvgIpc) is 3.25. The third kappa shape index (κ3) is 4.38. The van der Waals surface area contributed by atoms with Gasteiger partial charge in [0.15, 0.2) is 17.3 Å². The first kappa shape index (κ1) is 21.9. The van der Waals surface area contributed by atoms with E-state index in [-0.39, 0.29) is 21.8 Å². The van der Waals surface area contributed by atoms with E-state index < -0.39 is 35.6 Å². The molecule has 0 aliphatic heterocycles. The molecule has 4 rings (SSSR count). The lowest BCUT2D eigenvalue weighted by Gasteiger charge is -2.23. The van der Waals surface area contributed by atoms with Crippen LogP contribution in [0.25, 0.3) is 5.65 Å². The van der Waals surface area contributed by atoms with E-state index in [0.29, 0.717) is 23.3 Å². The van der Waals surface area contributed by atoms with Gasteiger partial charge in [-0.2, -0.15) is 13.9 Å². The molecule has 4 aromatic rings. The number of anilines is 2. The lowest BCUT2D eigenvalue weighted by atomic mass is 10.1. The van der Waals surface area contributed by atoms with Crippen molar-refractivity contribution in [3.8, 4) is 0 Å². The largest absolute Gasteiger partial charge is 0.322 e. The van der Waals surface area contributed by atoms with E-state index in [1.807, 2.05) is 0 Å². The maximum atomic E-state index is 13.8. The maximum Gasteiger partial charge on any atom is 0.321 e. The normalized spacial score (nSPS) is 11.1. The summed E-state index contributed by atoms with van der Waals surface area (Å²) >= 11 is 0. The Labute approximate surface area is 184 Å². The Hall–Kier alpha value is -4.28. The summed E-state index contributed by atoms with van der Waals surface area (Å²) in [5.41, 5.74) is 0.699. The Bertz CT molecular complexity index is 1370. The van der Waals surface area contributed by atoms with Crippen molar-refractivity contribution < 1.29 is 27.2 Å². The summed E-state index contributed by atoms with van der Waals surface area (Å²) in [5, 5.41) is 6.60. The van der Waals surface area contributed by atoms with Crippen LogP contribution in [0.15, 0.2) is 61.1 Å². The van der Waals surface area contributed by atoms with Gasteiger partial charge in [0.05, 0.1) is 17.4 Å². The van der Waals surface area contributed by atoms with Crippen LogP contribution in [0.3, 0.4) is 0 Å². The van der Waals surface area contributed by atoms with Crippen LogP contribution in [-0.4, -0.2) is 33.0 Å². The number of hydrogen-bond acceptors (Lipinski definition) is 4. The number of nitrogens with zero attached hydrogens (tertiary/aromatic N) is 4. The molecule has 2 aromatic heterocycles. The molecule has 2 heterocycles. The number of benzene rings is 2. The second kappa shape index (κ2) is 8.69. The van der Waals surface area contributed by atoms with Gasteiger partial charge in [-0.05, 0) is 42.8 Å². The van der Waals surface area contributed by atoms with Crippen molar-refractivity contribution in [3.63, 3.8) is 0 Å². The number of aryl methyl sites for hydroxylation is 1. The van der Waals surface area contributed by atoms with E-state index in [9.17, 15) is 27.2 Å². The highest BCUT2D eigenvalue weighted by molar-refractivity contribution is 6.07. The van der Waals surface area contributed by atoms with Gasteiger partial charge in [-0.25, -0.2) is 18.3 Å². The monoisotopic (exact) mass is 457 g/mol. The average molecular weight is 457 g/mol. The van der Waals surface area contributed by atoms with Crippen molar-refractivity contribution in [1.82, 2.24) is 14.6 Å². The SMILES string of the molecule is Cc1ccc(N(C(=O)c2ccc(F)c(F)c2)C(F)F)cc1NC(=O)c1cnc2ccnn2c1. The van der Waals surface area contributed by atoms with Gasteiger partial charge in [0.2, 0.25) is 0 Å². The van der Waals surface area contributed by atoms with E-state index in [4.69, 9.17) is 0 Å². The zero-order valence-electron chi connectivity index (χ0n) is 17.0. The zero-order valence-corrected chi connectivity index (χ0v) is 17.0. The summed E-state index contributed by atoms with van der Waals surface area (Å²) < 4.78 is 55.7. The van der Waals surface area contributed by atoms with Gasteiger partial charge in [0.1, 0.15) is 0 Å². The fourth-order valence-corrected chi connectivity index (χ4v) is 3.10. The summed E-state index contributed by atoms with van der Waals surface area (Å²) in [6.07, 6.45) is 4.30. The molecule has 0 aliphatic carbocycles.